The van der Waals surface area contributed by atoms with Crippen LogP contribution in [-0.2, 0) is 4.74 Å². The Morgan fingerprint density at radius 2 is 0.986 bits per heavy atom. The van der Waals surface area contributed by atoms with E-state index in [2.05, 4.69) is 43.4 Å². The number of nitrogens with one attached hydrogen (secondary N) is 6. The Morgan fingerprint density at radius 1 is 0.562 bits per heavy atom. The summed E-state index contributed by atoms with van der Waals surface area (Å²) in [5, 5.41) is 78.0. The number of aromatic hydroxyl groups is 3. The highest BCUT2D eigenvalue weighted by Gasteiger charge is 2.41. The number of phenols is 3. The van der Waals surface area contributed by atoms with Crippen LogP contribution in [0.15, 0.2) is 43.0 Å². The van der Waals surface area contributed by atoms with Crippen molar-refractivity contribution >= 4 is 57.7 Å². The number of likely N-dealkylation sites (N-methyl/N-ethyl adjacent to an activating group) is 2. The van der Waals surface area contributed by atoms with Crippen LogP contribution in [-0.4, -0.2) is 203 Å². The second kappa shape index (κ2) is 27.2. The molecule has 0 radical (unpaired) electrons. The van der Waals surface area contributed by atoms with E-state index in [0.29, 0.717) is 113 Å². The molecule has 0 unspecified atom stereocenters. The van der Waals surface area contributed by atoms with Gasteiger partial charge in [-0.3, -0.25) is 24.0 Å². The standard InChI is InChI=1S/C27H36N4O7.C25H32N4O6/c1-30(11-13-32)9-7-28-19-6-5-18(29-8-10-31(2)12-14-37-3)21-22(19)26(36)24-23(25(21)35)20(34)15-17(16-33)27(24)38-4;1-14(2)15-13-18(32)21-22(23(15)33)25(35)20-17(29-8-6-27-10-12-31)4-3-16(19(20)24(21)34)28-7-5-26-9-11-30/h5-6,15-16,28-29,32,34H,7-14H2,1-4H3;3-4,13,26-33H,1,5-12H2,2H3. The Hall–Kier alpha value is -6.95. The Balaban J connectivity index is 0.000000272. The summed E-state index contributed by atoms with van der Waals surface area (Å²) in [6, 6.07) is 9.21. The number of carbonyl (C=O) groups is 5. The third kappa shape index (κ3) is 13.2. The quantitative estimate of drug-likeness (QED) is 0.0191. The van der Waals surface area contributed by atoms with E-state index in [1.807, 2.05) is 19.0 Å². The number of ketones is 4. The molecule has 4 aromatic carbocycles. The fourth-order valence-corrected chi connectivity index (χ4v) is 8.48. The highest BCUT2D eigenvalue weighted by Crippen LogP contribution is 2.46. The van der Waals surface area contributed by atoms with Crippen LogP contribution >= 0.6 is 0 Å². The van der Waals surface area contributed by atoms with Crippen LogP contribution in [0.1, 0.15) is 86.5 Å². The first-order valence-corrected chi connectivity index (χ1v) is 23.8. The van der Waals surface area contributed by atoms with E-state index < -0.39 is 40.4 Å². The third-order valence-electron chi connectivity index (χ3n) is 12.2. The molecule has 2 aliphatic rings. The van der Waals surface area contributed by atoms with E-state index in [1.165, 1.54) is 13.2 Å². The summed E-state index contributed by atoms with van der Waals surface area (Å²) in [6.07, 6.45) is 0.473. The van der Waals surface area contributed by atoms with Gasteiger partial charge in [0.15, 0.2) is 6.29 Å². The van der Waals surface area contributed by atoms with Crippen molar-refractivity contribution in [2.45, 2.75) is 6.92 Å². The van der Waals surface area contributed by atoms with Crippen molar-refractivity contribution < 1.29 is 64.1 Å². The number of hydrogen-bond acceptors (Lipinski definition) is 21. The summed E-state index contributed by atoms with van der Waals surface area (Å²) >= 11 is 0. The average Bonchev–Trinajstić information content (AvgIpc) is 3.37. The third-order valence-corrected chi connectivity index (χ3v) is 12.2. The van der Waals surface area contributed by atoms with E-state index in [4.69, 9.17) is 24.8 Å². The molecule has 0 atom stereocenters. The van der Waals surface area contributed by atoms with Gasteiger partial charge >= 0.3 is 0 Å². The van der Waals surface area contributed by atoms with Gasteiger partial charge in [-0.25, -0.2) is 0 Å². The number of methoxy groups -OCH3 is 2. The fraction of sp³-hybridized carbons (Fsp3) is 0.404. The van der Waals surface area contributed by atoms with E-state index >= 15 is 0 Å². The smallest absolute Gasteiger partial charge is 0.200 e. The molecule has 21 heteroatoms. The number of aldehydes is 1. The largest absolute Gasteiger partial charge is 0.507 e. The number of ether oxygens (including phenoxy) is 2. The van der Waals surface area contributed by atoms with Crippen LogP contribution < -0.4 is 36.6 Å². The van der Waals surface area contributed by atoms with Crippen molar-refractivity contribution in [3.05, 3.63) is 98.6 Å². The first kappa shape index (κ1) is 57.0. The maximum atomic E-state index is 13.9. The van der Waals surface area contributed by atoms with Gasteiger partial charge in [0.2, 0.25) is 23.1 Å². The molecular formula is C52H68N8O13. The van der Waals surface area contributed by atoms with Gasteiger partial charge < -0.3 is 81.8 Å². The van der Waals surface area contributed by atoms with Gasteiger partial charge in [-0.05, 0) is 63.0 Å². The molecule has 6 rings (SSSR count). The molecule has 0 amide bonds. The first-order valence-electron chi connectivity index (χ1n) is 23.8. The summed E-state index contributed by atoms with van der Waals surface area (Å²) in [5.74, 6) is -3.54. The van der Waals surface area contributed by atoms with Gasteiger partial charge in [-0.2, -0.15) is 0 Å². The molecule has 394 valence electrons. The molecule has 0 aliphatic heterocycles. The number of phenolic OH excluding ortho intramolecular Hbond substituents is 3. The molecule has 2 aliphatic carbocycles. The summed E-state index contributed by atoms with van der Waals surface area (Å²) in [7, 11) is 6.77. The number of aliphatic hydroxyl groups excluding tert-OH is 3. The van der Waals surface area contributed by atoms with E-state index in [9.17, 15) is 39.3 Å². The highest BCUT2D eigenvalue weighted by atomic mass is 16.5. The molecule has 0 saturated heterocycles. The Kier molecular flexibility index (Phi) is 21.2. The van der Waals surface area contributed by atoms with Gasteiger partial charge in [0.25, 0.3) is 0 Å². The normalized spacial score (nSPS) is 12.4. The van der Waals surface area contributed by atoms with Crippen molar-refractivity contribution in [2.24, 2.45) is 0 Å². The molecule has 0 aromatic heterocycles. The van der Waals surface area contributed by atoms with Crippen LogP contribution in [0, 0.1) is 0 Å². The number of allylic oxidation sites excluding steroid dienone is 1. The maximum absolute atomic E-state index is 13.9. The Labute approximate surface area is 424 Å². The molecule has 12 N–H and O–H groups in total. The lowest BCUT2D eigenvalue weighted by Gasteiger charge is -2.26. The number of rotatable bonds is 28. The van der Waals surface area contributed by atoms with E-state index in [-0.39, 0.29) is 81.2 Å². The topological polar surface area (TPSA) is 304 Å². The minimum atomic E-state index is -0.585. The van der Waals surface area contributed by atoms with E-state index in [0.717, 1.165) is 12.6 Å². The van der Waals surface area contributed by atoms with Crippen LogP contribution in [0.5, 0.6) is 23.0 Å². The monoisotopic (exact) mass is 1010 g/mol. The van der Waals surface area contributed by atoms with Crippen LogP contribution in [0.25, 0.3) is 5.57 Å². The number of carbonyl (C=O) groups excluding carboxylic acids is 5. The van der Waals surface area contributed by atoms with Crippen LogP contribution in [0.2, 0.25) is 0 Å². The number of hydrogen-bond donors (Lipinski definition) is 12. The zero-order chi connectivity index (χ0) is 53.4. The number of fused-ring (bicyclic) bond motifs is 4. The molecular weight excluding hydrogens is 945 g/mol. The molecule has 21 nitrogen and oxygen atoms in total. The molecule has 0 spiro atoms. The van der Waals surface area contributed by atoms with Gasteiger partial charge in [0.1, 0.15) is 23.0 Å². The molecule has 0 saturated carbocycles. The number of anilines is 4. The molecule has 73 heavy (non-hydrogen) atoms. The predicted octanol–water partition coefficient (Wildman–Crippen LogP) is 2.21. The molecule has 0 bridgehead atoms. The minimum absolute atomic E-state index is 0.000517. The SMILES string of the molecule is C=C(C)c1cc(O)c2c(c1O)C(=O)c1c(NCCNCCO)ccc(NCCNCCO)c1C2=O.COCCN(C)CCNc1ccc(NCCN(C)CCO)c2c1C(=O)c1c(O)cc(C=O)c(OC)c1C2=O. The fourth-order valence-electron chi connectivity index (χ4n) is 8.48. The van der Waals surface area contributed by atoms with Gasteiger partial charge in [0.05, 0.1) is 83.6 Å². The van der Waals surface area contributed by atoms with Crippen molar-refractivity contribution in [3.63, 3.8) is 0 Å². The zero-order valence-corrected chi connectivity index (χ0v) is 42.0. The maximum Gasteiger partial charge on any atom is 0.200 e. The lowest BCUT2D eigenvalue weighted by atomic mass is 9.80. The Morgan fingerprint density at radius 3 is 1.41 bits per heavy atom. The molecule has 4 aromatic rings. The second-order valence-corrected chi connectivity index (χ2v) is 17.3. The first-order chi connectivity index (χ1) is 35.1. The van der Waals surface area contributed by atoms with Crippen molar-refractivity contribution in [2.75, 3.05) is 155 Å². The second-order valence-electron chi connectivity index (χ2n) is 17.3. The zero-order valence-electron chi connectivity index (χ0n) is 42.0. The van der Waals surface area contributed by atoms with Gasteiger partial charge in [-0.1, -0.05) is 6.58 Å². The van der Waals surface area contributed by atoms with Gasteiger partial charge in [-0.15, -0.1) is 0 Å². The molecule has 0 fully saturated rings. The number of aliphatic hydroxyl groups is 3. The lowest BCUT2D eigenvalue weighted by Crippen LogP contribution is -2.30. The summed E-state index contributed by atoms with van der Waals surface area (Å²) in [4.78, 5) is 70.7. The predicted molar refractivity (Wildman–Crippen MR) is 279 cm³/mol. The summed E-state index contributed by atoms with van der Waals surface area (Å²) in [6.45, 7) is 12.2. The average molecular weight is 1010 g/mol. The number of nitrogens with zero attached hydrogens (tertiary/aromatic N) is 2. The summed E-state index contributed by atoms with van der Waals surface area (Å²) in [5.41, 5.74) is 2.03. The van der Waals surface area contributed by atoms with Crippen molar-refractivity contribution in [1.82, 2.24) is 20.4 Å². The Bertz CT molecular complexity index is 2680. The molecule has 0 heterocycles. The van der Waals surface area contributed by atoms with Crippen molar-refractivity contribution in [3.8, 4) is 23.0 Å². The van der Waals surface area contributed by atoms with Crippen molar-refractivity contribution in [1.29, 1.82) is 0 Å². The lowest BCUT2D eigenvalue weighted by molar-refractivity contribution is 0.0974. The minimum Gasteiger partial charge on any atom is -0.507 e. The highest BCUT2D eigenvalue weighted by molar-refractivity contribution is 6.35. The van der Waals surface area contributed by atoms with Gasteiger partial charge in [0, 0.05) is 114 Å². The number of benzene rings is 4. The van der Waals surface area contributed by atoms with Crippen LogP contribution in [0.4, 0.5) is 22.7 Å². The van der Waals surface area contributed by atoms with E-state index in [1.54, 1.807) is 38.3 Å². The summed E-state index contributed by atoms with van der Waals surface area (Å²) < 4.78 is 10.5. The van der Waals surface area contributed by atoms with Crippen LogP contribution in [0.3, 0.4) is 0 Å².